The Labute approximate surface area is 119 Å². The molecule has 0 N–H and O–H groups in total. The molecule has 0 bridgehead atoms. The molecule has 3 rings (SSSR count). The zero-order chi connectivity index (χ0) is 13.8. The molecule has 100 valence electrons. The second-order valence-electron chi connectivity index (χ2n) is 6.10. The summed E-state index contributed by atoms with van der Waals surface area (Å²) in [6, 6.07) is 4.03. The summed E-state index contributed by atoms with van der Waals surface area (Å²) < 4.78 is 12.1. The van der Waals surface area contributed by atoms with Crippen molar-refractivity contribution in [3.63, 3.8) is 0 Å². The van der Waals surface area contributed by atoms with Crippen LogP contribution in [0.2, 0.25) is 5.02 Å². The summed E-state index contributed by atoms with van der Waals surface area (Å²) in [6.45, 7) is 8.86. The van der Waals surface area contributed by atoms with Crippen LogP contribution in [0.3, 0.4) is 0 Å². The van der Waals surface area contributed by atoms with E-state index in [1.807, 2.05) is 40.0 Å². The molecule has 2 aliphatic heterocycles. The molecule has 1 aromatic rings. The van der Waals surface area contributed by atoms with Crippen LogP contribution in [0, 0.1) is 0 Å². The number of benzene rings is 1. The summed E-state index contributed by atoms with van der Waals surface area (Å²) in [5, 5.41) is 0.692. The van der Waals surface area contributed by atoms with E-state index in [4.69, 9.17) is 20.9 Å². The molecule has 0 radical (unpaired) electrons. The van der Waals surface area contributed by atoms with E-state index < -0.39 is 7.12 Å². The van der Waals surface area contributed by atoms with Crippen LogP contribution >= 0.6 is 11.6 Å². The van der Waals surface area contributed by atoms with E-state index in [0.29, 0.717) is 11.6 Å². The van der Waals surface area contributed by atoms with E-state index in [2.05, 4.69) is 11.1 Å². The fourth-order valence-corrected chi connectivity index (χ4v) is 2.64. The molecule has 1 aromatic carbocycles. The Kier molecular flexibility index (Phi) is 2.82. The van der Waals surface area contributed by atoms with Crippen LogP contribution in [-0.4, -0.2) is 24.5 Å². The van der Waals surface area contributed by atoms with Crippen molar-refractivity contribution in [2.24, 2.45) is 4.99 Å². The Morgan fingerprint density at radius 1 is 1.16 bits per heavy atom. The van der Waals surface area contributed by atoms with Gasteiger partial charge in [0.2, 0.25) is 0 Å². The van der Waals surface area contributed by atoms with Crippen LogP contribution < -0.4 is 5.46 Å². The van der Waals surface area contributed by atoms with Gasteiger partial charge in [-0.15, -0.1) is 0 Å². The van der Waals surface area contributed by atoms with Gasteiger partial charge in [-0.3, -0.25) is 4.99 Å². The normalized spacial score (nSPS) is 22.9. The lowest BCUT2D eigenvalue weighted by Gasteiger charge is -2.32. The minimum atomic E-state index is -0.420. The molecule has 0 aromatic heterocycles. The van der Waals surface area contributed by atoms with Gasteiger partial charge in [0.25, 0.3) is 0 Å². The van der Waals surface area contributed by atoms with E-state index in [-0.39, 0.29) is 11.2 Å². The second-order valence-corrected chi connectivity index (χ2v) is 6.48. The van der Waals surface area contributed by atoms with Gasteiger partial charge in [0.1, 0.15) is 0 Å². The molecule has 1 fully saturated rings. The topological polar surface area (TPSA) is 30.8 Å². The molecule has 5 heteroatoms. The summed E-state index contributed by atoms with van der Waals surface area (Å²) in [5.41, 5.74) is 2.33. The molecule has 19 heavy (non-hydrogen) atoms. The van der Waals surface area contributed by atoms with Crippen molar-refractivity contribution in [3.8, 4) is 0 Å². The van der Waals surface area contributed by atoms with Gasteiger partial charge in [-0.1, -0.05) is 23.7 Å². The number of hydrogen-bond donors (Lipinski definition) is 0. The lowest BCUT2D eigenvalue weighted by molar-refractivity contribution is 0.00578. The summed E-state index contributed by atoms with van der Waals surface area (Å²) in [5.74, 6) is 0. The first kappa shape index (κ1) is 13.2. The molecule has 2 aliphatic rings. The summed E-state index contributed by atoms with van der Waals surface area (Å²) in [4.78, 5) is 4.25. The van der Waals surface area contributed by atoms with Crippen molar-refractivity contribution in [1.29, 1.82) is 0 Å². The van der Waals surface area contributed by atoms with Crippen LogP contribution in [0.25, 0.3) is 0 Å². The van der Waals surface area contributed by atoms with Crippen molar-refractivity contribution < 1.29 is 9.31 Å². The maximum Gasteiger partial charge on any atom is 0.496 e. The van der Waals surface area contributed by atoms with E-state index >= 15 is 0 Å². The predicted octanol–water partition coefficient (Wildman–Crippen LogP) is 2.57. The van der Waals surface area contributed by atoms with Gasteiger partial charge in [-0.05, 0) is 33.3 Å². The first-order valence-corrected chi connectivity index (χ1v) is 6.86. The van der Waals surface area contributed by atoms with Gasteiger partial charge < -0.3 is 9.31 Å². The molecular weight excluding hydrogens is 260 g/mol. The molecule has 3 nitrogen and oxygen atoms in total. The number of halogens is 1. The maximum absolute atomic E-state index is 6.47. The number of fused-ring (bicyclic) bond motifs is 1. The van der Waals surface area contributed by atoms with Crippen LogP contribution in [0.15, 0.2) is 17.1 Å². The zero-order valence-corrected chi connectivity index (χ0v) is 12.4. The molecule has 0 amide bonds. The largest absolute Gasteiger partial charge is 0.496 e. The molecule has 0 unspecified atom stereocenters. The SMILES string of the molecule is CC1(C)OB(c2ccc3c(c2Cl)C=NC3)OC1(C)C. The zero-order valence-electron chi connectivity index (χ0n) is 11.7. The summed E-state index contributed by atoms with van der Waals surface area (Å²) >= 11 is 6.47. The molecule has 0 atom stereocenters. The first-order valence-electron chi connectivity index (χ1n) is 6.48. The molecule has 0 aliphatic carbocycles. The van der Waals surface area contributed by atoms with E-state index in [1.165, 1.54) is 0 Å². The Balaban J connectivity index is 1.99. The van der Waals surface area contributed by atoms with Crippen molar-refractivity contribution in [3.05, 3.63) is 28.3 Å². The monoisotopic (exact) mass is 277 g/mol. The Morgan fingerprint density at radius 2 is 1.79 bits per heavy atom. The average molecular weight is 278 g/mol. The molecular formula is C14H17BClNO2. The third kappa shape index (κ3) is 1.94. The third-order valence-electron chi connectivity index (χ3n) is 4.29. The van der Waals surface area contributed by atoms with Gasteiger partial charge in [0.05, 0.1) is 17.7 Å². The van der Waals surface area contributed by atoms with Crippen LogP contribution in [-0.2, 0) is 15.9 Å². The highest BCUT2D eigenvalue weighted by Gasteiger charge is 2.52. The maximum atomic E-state index is 6.47. The van der Waals surface area contributed by atoms with Gasteiger partial charge in [0, 0.05) is 22.3 Å². The minimum Gasteiger partial charge on any atom is -0.399 e. The lowest BCUT2D eigenvalue weighted by Crippen LogP contribution is -2.41. The minimum absolute atomic E-state index is 0.353. The van der Waals surface area contributed by atoms with E-state index in [9.17, 15) is 0 Å². The fourth-order valence-electron chi connectivity index (χ4n) is 2.31. The quantitative estimate of drug-likeness (QED) is 0.739. The smallest absolute Gasteiger partial charge is 0.399 e. The van der Waals surface area contributed by atoms with Crippen molar-refractivity contribution >= 4 is 30.4 Å². The van der Waals surface area contributed by atoms with Gasteiger partial charge in [-0.2, -0.15) is 0 Å². The van der Waals surface area contributed by atoms with Crippen molar-refractivity contribution in [1.82, 2.24) is 0 Å². The Hall–Kier alpha value is -0.835. The Morgan fingerprint density at radius 3 is 2.42 bits per heavy atom. The number of rotatable bonds is 1. The highest BCUT2D eigenvalue weighted by molar-refractivity contribution is 6.66. The molecule has 2 heterocycles. The Bertz CT molecular complexity index is 553. The van der Waals surface area contributed by atoms with Crippen LogP contribution in [0.5, 0.6) is 0 Å². The van der Waals surface area contributed by atoms with Crippen molar-refractivity contribution in [2.75, 3.05) is 0 Å². The van der Waals surface area contributed by atoms with E-state index in [0.717, 1.165) is 16.6 Å². The molecule has 0 saturated carbocycles. The van der Waals surface area contributed by atoms with Gasteiger partial charge >= 0.3 is 7.12 Å². The number of nitrogens with zero attached hydrogens (tertiary/aromatic N) is 1. The first-order chi connectivity index (χ1) is 8.82. The van der Waals surface area contributed by atoms with Crippen LogP contribution in [0.4, 0.5) is 0 Å². The molecule has 1 saturated heterocycles. The fraction of sp³-hybridized carbons (Fsp3) is 0.500. The second kappa shape index (κ2) is 4.08. The highest BCUT2D eigenvalue weighted by Crippen LogP contribution is 2.37. The average Bonchev–Trinajstić information content (AvgIpc) is 2.83. The third-order valence-corrected chi connectivity index (χ3v) is 4.71. The van der Waals surface area contributed by atoms with E-state index in [1.54, 1.807) is 0 Å². The summed E-state index contributed by atoms with van der Waals surface area (Å²) in [7, 11) is -0.420. The standard InChI is InChI=1S/C14H17BClNO2/c1-13(2)14(3,4)19-15(18-13)11-6-5-9-7-17-8-10(9)12(11)16/h5-6,8H,7H2,1-4H3. The lowest BCUT2D eigenvalue weighted by atomic mass is 9.77. The number of aliphatic imine (C=N–C) groups is 1. The highest BCUT2D eigenvalue weighted by atomic mass is 35.5. The van der Waals surface area contributed by atoms with Gasteiger partial charge in [0.15, 0.2) is 0 Å². The number of hydrogen-bond acceptors (Lipinski definition) is 3. The van der Waals surface area contributed by atoms with Gasteiger partial charge in [-0.25, -0.2) is 0 Å². The van der Waals surface area contributed by atoms with Crippen LogP contribution in [0.1, 0.15) is 38.8 Å². The molecule has 0 spiro atoms. The predicted molar refractivity (Wildman–Crippen MR) is 78.5 cm³/mol. The summed E-state index contributed by atoms with van der Waals surface area (Å²) in [6.07, 6.45) is 1.83. The van der Waals surface area contributed by atoms with Crippen molar-refractivity contribution in [2.45, 2.75) is 45.4 Å².